The van der Waals surface area contributed by atoms with Crippen molar-refractivity contribution in [1.29, 1.82) is 0 Å². The number of benzene rings is 1. The molecule has 0 bridgehead atoms. The van der Waals surface area contributed by atoms with E-state index >= 15 is 0 Å². The molecule has 0 amide bonds. The lowest BCUT2D eigenvalue weighted by molar-refractivity contribution is 0.523. The number of hydrogen-bond acceptors (Lipinski definition) is 2. The molecule has 0 atom stereocenters. The van der Waals surface area contributed by atoms with Crippen molar-refractivity contribution in [3.8, 4) is 0 Å². The molecular weight excluding hydrogens is 169 g/mol. The van der Waals surface area contributed by atoms with E-state index in [2.05, 4.69) is 5.18 Å². The molecule has 1 aromatic rings. The van der Waals surface area contributed by atoms with E-state index in [-0.39, 0.29) is 16.9 Å². The summed E-state index contributed by atoms with van der Waals surface area (Å²) in [6, 6.07) is 4.29. The Balaban J connectivity index is 3.20. The van der Waals surface area contributed by atoms with Crippen molar-refractivity contribution in [1.82, 2.24) is 0 Å². The smallest absolute Gasteiger partial charge is 0.129 e. The highest BCUT2D eigenvalue weighted by atomic mass is 19.1. The zero-order chi connectivity index (χ0) is 10.1. The van der Waals surface area contributed by atoms with E-state index in [1.807, 2.05) is 20.8 Å². The largest absolute Gasteiger partial charge is 0.207 e. The molecule has 0 N–H and O–H groups in total. The standard InChI is InChI=1S/C10H12FNO/c1-10(2,3)8-5-4-7(12-13)6-9(8)11/h4-6H,1-3H3. The minimum atomic E-state index is -0.371. The Hall–Kier alpha value is -1.25. The quantitative estimate of drug-likeness (QED) is 0.609. The van der Waals surface area contributed by atoms with Crippen LogP contribution in [0.25, 0.3) is 0 Å². The topological polar surface area (TPSA) is 29.4 Å². The third-order valence-corrected chi connectivity index (χ3v) is 1.87. The number of nitroso groups, excluding NO2 is 1. The van der Waals surface area contributed by atoms with Crippen LogP contribution in [0.3, 0.4) is 0 Å². The molecule has 70 valence electrons. The van der Waals surface area contributed by atoms with E-state index in [0.717, 1.165) is 6.07 Å². The van der Waals surface area contributed by atoms with Gasteiger partial charge in [-0.3, -0.25) is 0 Å². The normalized spacial score (nSPS) is 11.4. The second kappa shape index (κ2) is 3.24. The molecule has 0 aliphatic heterocycles. The van der Waals surface area contributed by atoms with E-state index in [1.165, 1.54) is 6.07 Å². The van der Waals surface area contributed by atoms with Gasteiger partial charge in [0.2, 0.25) is 0 Å². The van der Waals surface area contributed by atoms with Crippen LogP contribution in [0.5, 0.6) is 0 Å². The summed E-state index contributed by atoms with van der Waals surface area (Å²) in [5.41, 5.74) is 0.483. The molecule has 1 aromatic carbocycles. The summed E-state index contributed by atoms with van der Waals surface area (Å²) >= 11 is 0. The molecule has 2 nitrogen and oxygen atoms in total. The first-order valence-electron chi connectivity index (χ1n) is 4.08. The summed E-state index contributed by atoms with van der Waals surface area (Å²) in [6.07, 6.45) is 0. The van der Waals surface area contributed by atoms with Crippen LogP contribution in [0.15, 0.2) is 23.4 Å². The fraction of sp³-hybridized carbons (Fsp3) is 0.400. The van der Waals surface area contributed by atoms with Gasteiger partial charge >= 0.3 is 0 Å². The van der Waals surface area contributed by atoms with E-state index in [4.69, 9.17) is 0 Å². The molecule has 1 rings (SSSR count). The first kappa shape index (κ1) is 9.84. The first-order valence-corrected chi connectivity index (χ1v) is 4.08. The van der Waals surface area contributed by atoms with Crippen LogP contribution >= 0.6 is 0 Å². The SMILES string of the molecule is CC(C)(C)c1ccc(N=O)cc1F. The molecule has 0 saturated heterocycles. The highest BCUT2D eigenvalue weighted by Gasteiger charge is 2.18. The van der Waals surface area contributed by atoms with Gasteiger partial charge in [-0.25, -0.2) is 4.39 Å². The van der Waals surface area contributed by atoms with E-state index in [9.17, 15) is 9.30 Å². The summed E-state index contributed by atoms with van der Waals surface area (Å²) in [7, 11) is 0. The van der Waals surface area contributed by atoms with Crippen molar-refractivity contribution in [2.24, 2.45) is 5.18 Å². The maximum Gasteiger partial charge on any atom is 0.129 e. The molecule has 0 aromatic heterocycles. The minimum Gasteiger partial charge on any atom is -0.207 e. The van der Waals surface area contributed by atoms with Gasteiger partial charge in [0.1, 0.15) is 11.5 Å². The van der Waals surface area contributed by atoms with Gasteiger partial charge in [-0.2, -0.15) is 0 Å². The van der Waals surface area contributed by atoms with Crippen molar-refractivity contribution >= 4 is 5.69 Å². The van der Waals surface area contributed by atoms with Gasteiger partial charge in [0.15, 0.2) is 0 Å². The number of hydrogen-bond donors (Lipinski definition) is 0. The molecule has 0 spiro atoms. The number of rotatable bonds is 1. The third kappa shape index (κ3) is 2.11. The van der Waals surface area contributed by atoms with Crippen molar-refractivity contribution in [2.45, 2.75) is 26.2 Å². The van der Waals surface area contributed by atoms with Crippen molar-refractivity contribution in [3.63, 3.8) is 0 Å². The maximum absolute atomic E-state index is 13.3. The van der Waals surface area contributed by atoms with Gasteiger partial charge in [-0.1, -0.05) is 26.8 Å². The van der Waals surface area contributed by atoms with Crippen LogP contribution in [0.4, 0.5) is 10.1 Å². The predicted molar refractivity (Wildman–Crippen MR) is 50.6 cm³/mol. The Bertz CT molecular complexity index is 328. The van der Waals surface area contributed by atoms with Crippen LogP contribution in [0.2, 0.25) is 0 Å². The Morgan fingerprint density at radius 1 is 1.31 bits per heavy atom. The Morgan fingerprint density at radius 3 is 2.31 bits per heavy atom. The lowest BCUT2D eigenvalue weighted by Gasteiger charge is -2.19. The van der Waals surface area contributed by atoms with Crippen LogP contribution < -0.4 is 0 Å². The second-order valence-corrected chi connectivity index (χ2v) is 4.01. The lowest BCUT2D eigenvalue weighted by atomic mass is 9.86. The fourth-order valence-corrected chi connectivity index (χ4v) is 1.17. The predicted octanol–water partition coefficient (Wildman–Crippen LogP) is 3.52. The Kier molecular flexibility index (Phi) is 2.45. The van der Waals surface area contributed by atoms with Crippen molar-refractivity contribution in [2.75, 3.05) is 0 Å². The molecule has 0 heterocycles. The summed E-state index contributed by atoms with van der Waals surface area (Å²) in [5, 5.41) is 2.66. The molecule has 0 aliphatic rings. The summed E-state index contributed by atoms with van der Waals surface area (Å²) in [5.74, 6) is -0.371. The molecule has 0 saturated carbocycles. The van der Waals surface area contributed by atoms with Crippen LogP contribution in [-0.4, -0.2) is 0 Å². The van der Waals surface area contributed by atoms with Crippen molar-refractivity contribution < 1.29 is 4.39 Å². The maximum atomic E-state index is 13.3. The van der Waals surface area contributed by atoms with Gasteiger partial charge in [-0.15, -0.1) is 4.91 Å². The Morgan fingerprint density at radius 2 is 1.92 bits per heavy atom. The lowest BCUT2D eigenvalue weighted by Crippen LogP contribution is -2.13. The van der Waals surface area contributed by atoms with Gasteiger partial charge in [-0.05, 0) is 22.2 Å². The van der Waals surface area contributed by atoms with Crippen LogP contribution in [-0.2, 0) is 5.41 Å². The van der Waals surface area contributed by atoms with E-state index < -0.39 is 0 Å². The monoisotopic (exact) mass is 181 g/mol. The van der Waals surface area contributed by atoms with Gasteiger partial charge < -0.3 is 0 Å². The van der Waals surface area contributed by atoms with Crippen LogP contribution in [0.1, 0.15) is 26.3 Å². The van der Waals surface area contributed by atoms with Crippen molar-refractivity contribution in [3.05, 3.63) is 34.5 Å². The highest BCUT2D eigenvalue weighted by molar-refractivity contribution is 5.41. The zero-order valence-corrected chi connectivity index (χ0v) is 7.97. The molecule has 0 unspecified atom stereocenters. The summed E-state index contributed by atoms with van der Waals surface area (Å²) in [6.45, 7) is 5.75. The van der Waals surface area contributed by atoms with Gasteiger partial charge in [0, 0.05) is 6.07 Å². The number of halogens is 1. The molecule has 3 heteroatoms. The second-order valence-electron chi connectivity index (χ2n) is 4.01. The molecule has 13 heavy (non-hydrogen) atoms. The summed E-state index contributed by atoms with van der Waals surface area (Å²) in [4.78, 5) is 10.1. The zero-order valence-electron chi connectivity index (χ0n) is 7.97. The number of nitrogens with zero attached hydrogens (tertiary/aromatic N) is 1. The molecule has 0 radical (unpaired) electrons. The average molecular weight is 181 g/mol. The average Bonchev–Trinajstić information content (AvgIpc) is 2.01. The highest BCUT2D eigenvalue weighted by Crippen LogP contribution is 2.27. The summed E-state index contributed by atoms with van der Waals surface area (Å²) < 4.78 is 13.3. The van der Waals surface area contributed by atoms with E-state index in [1.54, 1.807) is 6.07 Å². The third-order valence-electron chi connectivity index (χ3n) is 1.87. The Labute approximate surface area is 76.8 Å². The van der Waals surface area contributed by atoms with Gasteiger partial charge in [0.25, 0.3) is 0 Å². The van der Waals surface area contributed by atoms with E-state index in [0.29, 0.717) is 5.56 Å². The minimum absolute atomic E-state index is 0.130. The fourth-order valence-electron chi connectivity index (χ4n) is 1.17. The van der Waals surface area contributed by atoms with Gasteiger partial charge in [0.05, 0.1) is 0 Å². The first-order chi connectivity index (χ1) is 5.95. The molecular formula is C10H12FNO. The molecule has 0 fully saturated rings. The van der Waals surface area contributed by atoms with Crippen LogP contribution in [0, 0.1) is 10.7 Å². The molecule has 0 aliphatic carbocycles.